The molecular weight excluding hydrogens is 221 g/mol. The molecule has 2 unspecified atom stereocenters. The van der Waals surface area contributed by atoms with Crippen LogP contribution in [-0.2, 0) is 4.79 Å². The van der Waals surface area contributed by atoms with Crippen LogP contribution in [0.1, 0.15) is 25.7 Å². The monoisotopic (exact) mass is 238 g/mol. The Morgan fingerprint density at radius 3 is 2.50 bits per heavy atom. The van der Waals surface area contributed by atoms with Crippen molar-refractivity contribution in [3.05, 3.63) is 0 Å². The van der Waals surface area contributed by atoms with E-state index in [1.807, 2.05) is 0 Å². The lowest BCUT2D eigenvalue weighted by Crippen LogP contribution is -2.48. The summed E-state index contributed by atoms with van der Waals surface area (Å²) in [5.74, 6) is -1.60. The summed E-state index contributed by atoms with van der Waals surface area (Å²) < 4.78 is 38.0. The van der Waals surface area contributed by atoms with Gasteiger partial charge in [-0.15, -0.1) is 0 Å². The molecule has 0 heterocycles. The van der Waals surface area contributed by atoms with Crippen molar-refractivity contribution in [1.82, 2.24) is 10.6 Å². The van der Waals surface area contributed by atoms with Gasteiger partial charge in [0.1, 0.15) is 0 Å². The molecule has 0 spiro atoms. The van der Waals surface area contributed by atoms with E-state index in [2.05, 4.69) is 10.6 Å². The Hall–Kier alpha value is -0.780. The quantitative estimate of drug-likeness (QED) is 0.781. The highest BCUT2D eigenvalue weighted by molar-refractivity contribution is 5.77. The van der Waals surface area contributed by atoms with Crippen LogP contribution >= 0.6 is 0 Å². The fourth-order valence-electron chi connectivity index (χ4n) is 2.08. The first-order valence-electron chi connectivity index (χ1n) is 5.46. The van der Waals surface area contributed by atoms with E-state index in [9.17, 15) is 18.0 Å². The zero-order valence-corrected chi connectivity index (χ0v) is 9.23. The minimum atomic E-state index is -4.17. The van der Waals surface area contributed by atoms with Crippen LogP contribution in [0.4, 0.5) is 13.2 Å². The lowest BCUT2D eigenvalue weighted by molar-refractivity contribution is -0.189. The Balaban J connectivity index is 2.51. The fraction of sp³-hybridized carbons (Fsp3) is 0.900. The van der Waals surface area contributed by atoms with Crippen molar-refractivity contribution in [3.8, 4) is 0 Å². The summed E-state index contributed by atoms with van der Waals surface area (Å²) in [7, 11) is 1.46. The molecule has 1 aliphatic carbocycles. The van der Waals surface area contributed by atoms with Crippen molar-refractivity contribution in [2.45, 2.75) is 37.9 Å². The van der Waals surface area contributed by atoms with Crippen molar-refractivity contribution >= 4 is 5.91 Å². The Morgan fingerprint density at radius 1 is 1.31 bits per heavy atom. The zero-order chi connectivity index (χ0) is 12.2. The number of hydrogen-bond acceptors (Lipinski definition) is 2. The molecule has 0 radical (unpaired) electrons. The fourth-order valence-corrected chi connectivity index (χ4v) is 2.08. The van der Waals surface area contributed by atoms with Crippen molar-refractivity contribution in [3.63, 3.8) is 0 Å². The van der Waals surface area contributed by atoms with E-state index in [0.717, 1.165) is 6.42 Å². The highest BCUT2D eigenvalue weighted by Crippen LogP contribution is 2.37. The molecule has 1 amide bonds. The van der Waals surface area contributed by atoms with Crippen LogP contribution in [0.5, 0.6) is 0 Å². The summed E-state index contributed by atoms with van der Waals surface area (Å²) in [6.07, 6.45) is -2.11. The zero-order valence-electron chi connectivity index (χ0n) is 9.23. The minimum absolute atomic E-state index is 0.0479. The van der Waals surface area contributed by atoms with Gasteiger partial charge in [-0.25, -0.2) is 0 Å². The van der Waals surface area contributed by atoms with Crippen LogP contribution in [0.25, 0.3) is 0 Å². The molecule has 2 N–H and O–H groups in total. The topological polar surface area (TPSA) is 41.1 Å². The van der Waals surface area contributed by atoms with E-state index in [4.69, 9.17) is 0 Å². The molecule has 0 aromatic rings. The molecule has 1 saturated carbocycles. The molecule has 94 valence electrons. The molecule has 0 aliphatic heterocycles. The van der Waals surface area contributed by atoms with Gasteiger partial charge in [0.2, 0.25) is 5.91 Å². The SMILES string of the molecule is CNC(=O)CNC1CCCCC1C(F)(F)F. The molecule has 1 aliphatic rings. The number of carbonyl (C=O) groups is 1. The summed E-state index contributed by atoms with van der Waals surface area (Å²) in [6, 6.07) is -0.619. The first-order valence-corrected chi connectivity index (χ1v) is 5.46. The molecule has 1 rings (SSSR count). The summed E-state index contributed by atoms with van der Waals surface area (Å²) in [5.41, 5.74) is 0. The smallest absolute Gasteiger partial charge is 0.358 e. The molecule has 6 heteroatoms. The average Bonchev–Trinajstić information content (AvgIpc) is 2.25. The summed E-state index contributed by atoms with van der Waals surface area (Å²) in [4.78, 5) is 11.0. The highest BCUT2D eigenvalue weighted by Gasteiger charge is 2.45. The number of nitrogens with one attached hydrogen (secondary N) is 2. The van der Waals surface area contributed by atoms with E-state index in [0.29, 0.717) is 12.8 Å². The van der Waals surface area contributed by atoms with E-state index in [1.165, 1.54) is 7.05 Å². The number of carbonyl (C=O) groups excluding carboxylic acids is 1. The Kier molecular flexibility index (Phi) is 4.58. The highest BCUT2D eigenvalue weighted by atomic mass is 19.4. The third-order valence-corrected chi connectivity index (χ3v) is 2.99. The van der Waals surface area contributed by atoms with E-state index in [-0.39, 0.29) is 18.9 Å². The largest absolute Gasteiger partial charge is 0.393 e. The van der Waals surface area contributed by atoms with Gasteiger partial charge in [0.25, 0.3) is 0 Å². The maximum Gasteiger partial charge on any atom is 0.393 e. The van der Waals surface area contributed by atoms with Gasteiger partial charge in [0, 0.05) is 13.1 Å². The van der Waals surface area contributed by atoms with Gasteiger partial charge < -0.3 is 10.6 Å². The third kappa shape index (κ3) is 3.66. The van der Waals surface area contributed by atoms with Gasteiger partial charge >= 0.3 is 6.18 Å². The van der Waals surface area contributed by atoms with Gasteiger partial charge in [-0.1, -0.05) is 12.8 Å². The van der Waals surface area contributed by atoms with Gasteiger partial charge in [0.15, 0.2) is 0 Å². The molecule has 0 aromatic carbocycles. The predicted molar refractivity (Wildman–Crippen MR) is 53.9 cm³/mol. The number of halogens is 3. The number of rotatable bonds is 3. The summed E-state index contributed by atoms with van der Waals surface area (Å²) in [5, 5.41) is 5.07. The number of hydrogen-bond donors (Lipinski definition) is 2. The van der Waals surface area contributed by atoms with Crippen molar-refractivity contribution < 1.29 is 18.0 Å². The maximum absolute atomic E-state index is 12.7. The molecule has 16 heavy (non-hydrogen) atoms. The molecule has 2 atom stereocenters. The van der Waals surface area contributed by atoms with Crippen molar-refractivity contribution in [1.29, 1.82) is 0 Å². The van der Waals surface area contributed by atoms with Crippen LogP contribution in [-0.4, -0.2) is 31.7 Å². The minimum Gasteiger partial charge on any atom is -0.358 e. The van der Waals surface area contributed by atoms with Gasteiger partial charge in [-0.2, -0.15) is 13.2 Å². The first-order chi connectivity index (χ1) is 7.45. The number of likely N-dealkylation sites (N-methyl/N-ethyl adjacent to an activating group) is 1. The van der Waals surface area contributed by atoms with Gasteiger partial charge in [-0.3, -0.25) is 4.79 Å². The maximum atomic E-state index is 12.7. The molecule has 0 aromatic heterocycles. The van der Waals surface area contributed by atoms with E-state index < -0.39 is 18.1 Å². The molecule has 0 bridgehead atoms. The standard InChI is InChI=1S/C10H17F3N2O/c1-14-9(16)6-15-8-5-3-2-4-7(8)10(11,12)13/h7-8,15H,2-6H2,1H3,(H,14,16). The number of amides is 1. The molecule has 3 nitrogen and oxygen atoms in total. The molecule has 0 saturated heterocycles. The van der Waals surface area contributed by atoms with Gasteiger partial charge in [-0.05, 0) is 12.8 Å². The molecular formula is C10H17F3N2O. The normalized spacial score (nSPS) is 26.5. The Morgan fingerprint density at radius 2 is 1.94 bits per heavy atom. The van der Waals surface area contributed by atoms with E-state index >= 15 is 0 Å². The average molecular weight is 238 g/mol. The second-order valence-corrected chi connectivity index (χ2v) is 4.09. The van der Waals surface area contributed by atoms with Crippen LogP contribution in [0.3, 0.4) is 0 Å². The van der Waals surface area contributed by atoms with Crippen molar-refractivity contribution in [2.75, 3.05) is 13.6 Å². The second-order valence-electron chi connectivity index (χ2n) is 4.09. The number of alkyl halides is 3. The summed E-state index contributed by atoms with van der Waals surface area (Å²) >= 11 is 0. The predicted octanol–water partition coefficient (Wildman–Crippen LogP) is 1.44. The lowest BCUT2D eigenvalue weighted by atomic mass is 9.84. The van der Waals surface area contributed by atoms with Crippen LogP contribution < -0.4 is 10.6 Å². The second kappa shape index (κ2) is 5.52. The van der Waals surface area contributed by atoms with Gasteiger partial charge in [0.05, 0.1) is 12.5 Å². The van der Waals surface area contributed by atoms with E-state index in [1.54, 1.807) is 0 Å². The first kappa shape index (κ1) is 13.3. The van der Waals surface area contributed by atoms with Crippen LogP contribution in [0, 0.1) is 5.92 Å². The Bertz CT molecular complexity index is 243. The third-order valence-electron chi connectivity index (χ3n) is 2.99. The Labute approximate surface area is 92.8 Å². The molecule has 1 fully saturated rings. The van der Waals surface area contributed by atoms with Crippen LogP contribution in [0.2, 0.25) is 0 Å². The lowest BCUT2D eigenvalue weighted by Gasteiger charge is -2.33. The van der Waals surface area contributed by atoms with Crippen molar-refractivity contribution in [2.24, 2.45) is 5.92 Å². The van der Waals surface area contributed by atoms with Crippen LogP contribution in [0.15, 0.2) is 0 Å². The summed E-state index contributed by atoms with van der Waals surface area (Å²) in [6.45, 7) is -0.0479.